The van der Waals surface area contributed by atoms with Crippen LogP contribution >= 0.6 is 11.3 Å². The van der Waals surface area contributed by atoms with Crippen LogP contribution in [0.2, 0.25) is 0 Å². The van der Waals surface area contributed by atoms with Crippen molar-refractivity contribution < 1.29 is 45.4 Å². The number of ether oxygens (including phenoxy) is 2. The number of fused-ring (bicyclic) bond motifs is 1. The zero-order valence-corrected chi connectivity index (χ0v) is 22.8. The Morgan fingerprint density at radius 3 is 2.12 bits per heavy atom. The maximum atomic E-state index is 13.6. The fourth-order valence-corrected chi connectivity index (χ4v) is 4.99. The fourth-order valence-electron chi connectivity index (χ4n) is 4.27. The number of carbonyl (C=O) groups is 2. The van der Waals surface area contributed by atoms with Crippen molar-refractivity contribution in [2.24, 2.45) is 5.92 Å². The minimum absolute atomic E-state index is 0.0388. The van der Waals surface area contributed by atoms with Crippen molar-refractivity contribution in [3.05, 3.63) is 81.0 Å². The number of hydrogen-bond donors (Lipinski definition) is 0. The first-order valence-corrected chi connectivity index (χ1v) is 13.4. The van der Waals surface area contributed by atoms with Gasteiger partial charge in [0.2, 0.25) is 12.7 Å². The third kappa shape index (κ3) is 7.72. The minimum Gasteiger partial charge on any atom is -0.454 e. The van der Waals surface area contributed by atoms with E-state index < -0.39 is 47.4 Å². The van der Waals surface area contributed by atoms with Gasteiger partial charge in [0.05, 0.1) is 17.7 Å². The Hall–Kier alpha value is -3.74. The van der Waals surface area contributed by atoms with Crippen molar-refractivity contribution in [2.75, 3.05) is 19.9 Å². The van der Waals surface area contributed by atoms with Crippen LogP contribution in [0.5, 0.6) is 11.5 Å². The highest BCUT2D eigenvalue weighted by atomic mass is 32.1. The molecule has 2 heterocycles. The number of hydrogen-bond acceptors (Lipinski definition) is 5. The van der Waals surface area contributed by atoms with E-state index in [0.29, 0.717) is 29.2 Å². The highest BCUT2D eigenvalue weighted by Gasteiger charge is 2.38. The fraction of sp³-hybridized carbons (Fsp3) is 0.357. The number of amides is 2. The number of benzene rings is 2. The lowest BCUT2D eigenvalue weighted by atomic mass is 10.0. The summed E-state index contributed by atoms with van der Waals surface area (Å²) in [6.07, 6.45) is -10.2. The largest absolute Gasteiger partial charge is 0.454 e. The molecular formula is C28H26F6N2O4S. The Morgan fingerprint density at radius 1 is 0.878 bits per heavy atom. The molecule has 4 rings (SSSR count). The standard InChI is InChI=1S/C28H26F6N2O4S/c1-17(2)12-36(26(38)19-9-20(27(29,30)31)11-21(10-19)28(32,33)34)15-25(37)35(14-22-4-3-7-41-22)13-18-5-6-23-24(8-18)40-16-39-23/h3-11,17H,12-16H2,1-2H3. The monoisotopic (exact) mass is 600 g/mol. The lowest BCUT2D eigenvalue weighted by Gasteiger charge is -2.29. The highest BCUT2D eigenvalue weighted by molar-refractivity contribution is 7.09. The van der Waals surface area contributed by atoms with Crippen molar-refractivity contribution in [1.29, 1.82) is 0 Å². The van der Waals surface area contributed by atoms with Gasteiger partial charge in [0, 0.05) is 23.5 Å². The third-order valence-corrected chi connectivity index (χ3v) is 6.98. The summed E-state index contributed by atoms with van der Waals surface area (Å²) >= 11 is 1.41. The van der Waals surface area contributed by atoms with Crippen molar-refractivity contribution >= 4 is 23.2 Å². The van der Waals surface area contributed by atoms with Crippen molar-refractivity contribution in [3.8, 4) is 11.5 Å². The number of carbonyl (C=O) groups excluding carboxylic acids is 2. The molecule has 13 heteroatoms. The molecule has 0 saturated carbocycles. The number of nitrogens with zero attached hydrogens (tertiary/aromatic N) is 2. The summed E-state index contributed by atoms with van der Waals surface area (Å²) in [7, 11) is 0. The van der Waals surface area contributed by atoms with Crippen LogP contribution in [0.3, 0.4) is 0 Å². The van der Waals surface area contributed by atoms with Crippen molar-refractivity contribution in [1.82, 2.24) is 9.80 Å². The molecule has 6 nitrogen and oxygen atoms in total. The van der Waals surface area contributed by atoms with Crippen LogP contribution in [-0.4, -0.2) is 41.5 Å². The first kappa shape index (κ1) is 30.2. The molecule has 2 aromatic carbocycles. The normalized spacial score (nSPS) is 13.0. The SMILES string of the molecule is CC(C)CN(CC(=O)N(Cc1ccc2c(c1)OCO2)Cc1cccs1)C(=O)c1cc(C(F)(F)F)cc(C(F)(F)F)c1. The van der Waals surface area contributed by atoms with E-state index in [4.69, 9.17) is 9.47 Å². The van der Waals surface area contributed by atoms with Gasteiger partial charge >= 0.3 is 12.4 Å². The molecule has 0 fully saturated rings. The molecule has 220 valence electrons. The van der Waals surface area contributed by atoms with Crippen LogP contribution in [0.15, 0.2) is 53.9 Å². The summed E-state index contributed by atoms with van der Waals surface area (Å²) in [4.78, 5) is 30.3. The lowest BCUT2D eigenvalue weighted by molar-refractivity contribution is -0.143. The zero-order valence-electron chi connectivity index (χ0n) is 22.0. The zero-order chi connectivity index (χ0) is 29.9. The van der Waals surface area contributed by atoms with Gasteiger partial charge in [-0.1, -0.05) is 26.0 Å². The Labute approximate surface area is 236 Å². The number of thiophene rings is 1. The molecule has 0 unspecified atom stereocenters. The van der Waals surface area contributed by atoms with Gasteiger partial charge in [-0.2, -0.15) is 26.3 Å². The molecule has 0 radical (unpaired) electrons. The second-order valence-electron chi connectivity index (χ2n) is 9.89. The second kappa shape index (κ2) is 12.0. The van der Waals surface area contributed by atoms with Gasteiger partial charge in [0.25, 0.3) is 5.91 Å². The van der Waals surface area contributed by atoms with Crippen LogP contribution in [0, 0.1) is 5.92 Å². The molecule has 1 aromatic heterocycles. The van der Waals surface area contributed by atoms with Crippen LogP contribution in [-0.2, 0) is 30.2 Å². The molecule has 3 aromatic rings. The van der Waals surface area contributed by atoms with E-state index in [9.17, 15) is 35.9 Å². The van der Waals surface area contributed by atoms with Gasteiger partial charge in [-0.05, 0) is 53.3 Å². The van der Waals surface area contributed by atoms with E-state index >= 15 is 0 Å². The Bertz CT molecular complexity index is 1360. The van der Waals surface area contributed by atoms with Crippen LogP contribution < -0.4 is 9.47 Å². The second-order valence-corrected chi connectivity index (χ2v) is 10.9. The first-order chi connectivity index (χ1) is 19.2. The van der Waals surface area contributed by atoms with Crippen molar-refractivity contribution in [2.45, 2.75) is 39.3 Å². The van der Waals surface area contributed by atoms with Gasteiger partial charge < -0.3 is 19.3 Å². The van der Waals surface area contributed by atoms with E-state index in [2.05, 4.69) is 0 Å². The molecular weight excluding hydrogens is 574 g/mol. The summed E-state index contributed by atoms with van der Waals surface area (Å²) in [6.45, 7) is 3.16. The number of rotatable bonds is 9. The third-order valence-electron chi connectivity index (χ3n) is 6.12. The predicted molar refractivity (Wildman–Crippen MR) is 138 cm³/mol. The van der Waals surface area contributed by atoms with Gasteiger partial charge in [-0.15, -0.1) is 11.3 Å². The molecule has 0 saturated heterocycles. The predicted octanol–water partition coefficient (Wildman–Crippen LogP) is 6.84. The quantitative estimate of drug-likeness (QED) is 0.253. The Balaban J connectivity index is 1.63. The average Bonchev–Trinajstić information content (AvgIpc) is 3.57. The molecule has 0 spiro atoms. The smallest absolute Gasteiger partial charge is 0.416 e. The van der Waals surface area contributed by atoms with E-state index in [1.165, 1.54) is 16.2 Å². The summed E-state index contributed by atoms with van der Waals surface area (Å²) in [5, 5.41) is 1.83. The molecule has 1 aliphatic heterocycles. The highest BCUT2D eigenvalue weighted by Crippen LogP contribution is 2.37. The Kier molecular flexibility index (Phi) is 8.86. The van der Waals surface area contributed by atoms with Gasteiger partial charge in [0.15, 0.2) is 11.5 Å². The summed E-state index contributed by atoms with van der Waals surface area (Å²) in [5.74, 6) is -0.819. The van der Waals surface area contributed by atoms with E-state index in [0.717, 1.165) is 9.78 Å². The van der Waals surface area contributed by atoms with Gasteiger partial charge in [-0.3, -0.25) is 9.59 Å². The summed E-state index contributed by atoms with van der Waals surface area (Å²) in [5.41, 5.74) is -3.31. The minimum atomic E-state index is -5.11. The summed E-state index contributed by atoms with van der Waals surface area (Å²) < 4.78 is 91.3. The number of halogens is 6. The molecule has 0 bridgehead atoms. The van der Waals surface area contributed by atoms with E-state index in [1.54, 1.807) is 32.0 Å². The summed E-state index contributed by atoms with van der Waals surface area (Å²) in [6, 6.07) is 9.52. The topological polar surface area (TPSA) is 59.1 Å². The molecule has 0 atom stereocenters. The maximum absolute atomic E-state index is 13.6. The first-order valence-electron chi connectivity index (χ1n) is 12.5. The van der Waals surface area contributed by atoms with E-state index in [-0.39, 0.29) is 38.4 Å². The van der Waals surface area contributed by atoms with E-state index in [1.807, 2.05) is 17.5 Å². The Morgan fingerprint density at radius 2 is 1.54 bits per heavy atom. The maximum Gasteiger partial charge on any atom is 0.416 e. The van der Waals surface area contributed by atoms with Crippen molar-refractivity contribution in [3.63, 3.8) is 0 Å². The van der Waals surface area contributed by atoms with Crippen LogP contribution in [0.4, 0.5) is 26.3 Å². The molecule has 0 aliphatic carbocycles. The molecule has 1 aliphatic rings. The lowest BCUT2D eigenvalue weighted by Crippen LogP contribution is -2.44. The van der Waals surface area contributed by atoms with Gasteiger partial charge in [-0.25, -0.2) is 0 Å². The van der Waals surface area contributed by atoms with Crippen LogP contribution in [0.25, 0.3) is 0 Å². The van der Waals surface area contributed by atoms with Gasteiger partial charge in [0.1, 0.15) is 6.54 Å². The molecule has 41 heavy (non-hydrogen) atoms. The van der Waals surface area contributed by atoms with Crippen LogP contribution in [0.1, 0.15) is 45.8 Å². The molecule has 0 N–H and O–H groups in total. The number of alkyl halides is 6. The average molecular weight is 601 g/mol. The molecule has 2 amide bonds.